The topological polar surface area (TPSA) is 12.0 Å². The van der Waals surface area contributed by atoms with Crippen molar-refractivity contribution in [1.29, 1.82) is 0 Å². The Morgan fingerprint density at radius 2 is 2.25 bits per heavy atom. The van der Waals surface area contributed by atoms with Gasteiger partial charge in [0.25, 0.3) is 0 Å². The third-order valence-electron chi connectivity index (χ3n) is 2.94. The number of hydrogen-bond acceptors (Lipinski definition) is 1. The number of hydrogen-bond donors (Lipinski definition) is 1. The van der Waals surface area contributed by atoms with E-state index in [4.69, 9.17) is 11.6 Å². The zero-order chi connectivity index (χ0) is 11.6. The second-order valence-electron chi connectivity index (χ2n) is 4.34. The molecule has 1 N–H and O–H groups in total. The molecule has 0 saturated carbocycles. The van der Waals surface area contributed by atoms with Gasteiger partial charge in [0.05, 0.1) is 0 Å². The summed E-state index contributed by atoms with van der Waals surface area (Å²) < 4.78 is 27.7. The van der Waals surface area contributed by atoms with Crippen LogP contribution >= 0.6 is 11.6 Å². The third-order valence-corrected chi connectivity index (χ3v) is 3.17. The molecule has 1 saturated heterocycles. The first-order valence-electron chi connectivity index (χ1n) is 5.43. The van der Waals surface area contributed by atoms with Gasteiger partial charge in [-0.15, -0.1) is 0 Å². The van der Waals surface area contributed by atoms with E-state index in [1.54, 1.807) is 0 Å². The van der Waals surface area contributed by atoms with Crippen LogP contribution in [0.1, 0.15) is 18.4 Å². The fraction of sp³-hybridized carbons (Fsp3) is 0.500. The minimum Gasteiger partial charge on any atom is -0.314 e. The molecule has 0 radical (unpaired) electrons. The number of alkyl halides is 1. The summed E-state index contributed by atoms with van der Waals surface area (Å²) in [5, 5.41) is 3.45. The standard InChI is InChI=1S/C12H14ClF2N/c13-10-2-3-11(14)9(6-10)7-12(15)4-1-5-16-8-12/h2-3,6,16H,1,4-5,7-8H2. The van der Waals surface area contributed by atoms with Gasteiger partial charge in [-0.25, -0.2) is 8.78 Å². The van der Waals surface area contributed by atoms with Crippen LogP contribution in [0.3, 0.4) is 0 Å². The Morgan fingerprint density at radius 3 is 2.94 bits per heavy atom. The second kappa shape index (κ2) is 4.68. The van der Waals surface area contributed by atoms with Crippen molar-refractivity contribution in [2.45, 2.75) is 24.9 Å². The van der Waals surface area contributed by atoms with E-state index >= 15 is 0 Å². The van der Waals surface area contributed by atoms with E-state index < -0.39 is 5.67 Å². The lowest BCUT2D eigenvalue weighted by atomic mass is 9.89. The van der Waals surface area contributed by atoms with Gasteiger partial charge in [-0.1, -0.05) is 11.6 Å². The van der Waals surface area contributed by atoms with Gasteiger partial charge >= 0.3 is 0 Å². The lowest BCUT2D eigenvalue weighted by Gasteiger charge is -2.30. The second-order valence-corrected chi connectivity index (χ2v) is 4.78. The highest BCUT2D eigenvalue weighted by molar-refractivity contribution is 6.30. The Labute approximate surface area is 98.8 Å². The molecule has 16 heavy (non-hydrogen) atoms. The Bertz CT molecular complexity index is 375. The minimum absolute atomic E-state index is 0.0897. The first-order valence-corrected chi connectivity index (χ1v) is 5.80. The van der Waals surface area contributed by atoms with E-state index in [-0.39, 0.29) is 12.2 Å². The molecule has 0 amide bonds. The average molecular weight is 246 g/mol. The SMILES string of the molecule is Fc1ccc(Cl)cc1CC1(F)CCCNC1. The third kappa shape index (κ3) is 2.71. The molecule has 1 aromatic carbocycles. The molecule has 1 aliphatic heterocycles. The molecule has 1 nitrogen and oxygen atoms in total. The zero-order valence-electron chi connectivity index (χ0n) is 8.90. The van der Waals surface area contributed by atoms with Crippen LogP contribution in [-0.2, 0) is 6.42 Å². The molecule has 2 rings (SSSR count). The lowest BCUT2D eigenvalue weighted by Crippen LogP contribution is -2.43. The van der Waals surface area contributed by atoms with Gasteiger partial charge in [-0.05, 0) is 43.1 Å². The van der Waals surface area contributed by atoms with Crippen molar-refractivity contribution in [3.63, 3.8) is 0 Å². The van der Waals surface area contributed by atoms with Crippen molar-refractivity contribution in [1.82, 2.24) is 5.32 Å². The fourth-order valence-electron chi connectivity index (χ4n) is 2.10. The number of rotatable bonds is 2. The van der Waals surface area contributed by atoms with Crippen LogP contribution in [0.25, 0.3) is 0 Å². The number of halogens is 3. The highest BCUT2D eigenvalue weighted by Crippen LogP contribution is 2.28. The van der Waals surface area contributed by atoms with Crippen LogP contribution in [0, 0.1) is 5.82 Å². The smallest absolute Gasteiger partial charge is 0.127 e. The van der Waals surface area contributed by atoms with Crippen LogP contribution in [0.15, 0.2) is 18.2 Å². The van der Waals surface area contributed by atoms with Crippen LogP contribution < -0.4 is 5.32 Å². The Kier molecular flexibility index (Phi) is 3.45. The first-order chi connectivity index (χ1) is 7.59. The van der Waals surface area contributed by atoms with Gasteiger partial charge in [-0.2, -0.15) is 0 Å². The maximum atomic E-state index is 14.3. The summed E-state index contributed by atoms with van der Waals surface area (Å²) in [6.07, 6.45) is 1.36. The zero-order valence-corrected chi connectivity index (χ0v) is 9.66. The van der Waals surface area contributed by atoms with Crippen molar-refractivity contribution in [3.8, 4) is 0 Å². The van der Waals surface area contributed by atoms with E-state index in [2.05, 4.69) is 5.32 Å². The van der Waals surface area contributed by atoms with Crippen LogP contribution in [-0.4, -0.2) is 18.8 Å². The Hall–Kier alpha value is -0.670. The summed E-state index contributed by atoms with van der Waals surface area (Å²) in [6.45, 7) is 1.13. The predicted octanol–water partition coefficient (Wildman–Crippen LogP) is 3.11. The van der Waals surface area contributed by atoms with Gasteiger partial charge in [-0.3, -0.25) is 0 Å². The van der Waals surface area contributed by atoms with Gasteiger partial charge in [0.1, 0.15) is 11.5 Å². The monoisotopic (exact) mass is 245 g/mol. The molecule has 0 bridgehead atoms. The lowest BCUT2D eigenvalue weighted by molar-refractivity contribution is 0.121. The molecule has 1 atom stereocenters. The molecule has 4 heteroatoms. The molecule has 1 fully saturated rings. The molecule has 1 aromatic rings. The molecule has 88 valence electrons. The van der Waals surface area contributed by atoms with Crippen molar-refractivity contribution in [2.24, 2.45) is 0 Å². The van der Waals surface area contributed by atoms with E-state index in [9.17, 15) is 8.78 Å². The summed E-state index contributed by atoms with van der Waals surface area (Å²) in [5.41, 5.74) is -0.984. The molecule has 1 aliphatic rings. The highest BCUT2D eigenvalue weighted by Gasteiger charge is 2.32. The van der Waals surface area contributed by atoms with Gasteiger partial charge in [0.15, 0.2) is 0 Å². The van der Waals surface area contributed by atoms with Crippen molar-refractivity contribution >= 4 is 11.6 Å². The van der Waals surface area contributed by atoms with Crippen molar-refractivity contribution in [2.75, 3.05) is 13.1 Å². The number of nitrogens with one attached hydrogen (secondary N) is 1. The van der Waals surface area contributed by atoms with E-state index in [1.165, 1.54) is 18.2 Å². The normalized spacial score (nSPS) is 25.7. The molecular formula is C12H14ClF2N. The van der Waals surface area contributed by atoms with Gasteiger partial charge in [0, 0.05) is 18.0 Å². The molecule has 1 heterocycles. The maximum absolute atomic E-state index is 14.3. The average Bonchev–Trinajstić information content (AvgIpc) is 2.24. The first kappa shape index (κ1) is 11.8. The number of benzene rings is 1. The minimum atomic E-state index is -1.34. The number of piperidine rings is 1. The summed E-state index contributed by atoms with van der Waals surface area (Å²) in [6, 6.07) is 4.27. The molecule has 0 aliphatic carbocycles. The van der Waals surface area contributed by atoms with Crippen LogP contribution in [0.4, 0.5) is 8.78 Å². The van der Waals surface area contributed by atoms with E-state index in [0.717, 1.165) is 13.0 Å². The van der Waals surface area contributed by atoms with Crippen LogP contribution in [0.5, 0.6) is 0 Å². The van der Waals surface area contributed by atoms with Gasteiger partial charge in [0.2, 0.25) is 0 Å². The Morgan fingerprint density at radius 1 is 1.44 bits per heavy atom. The van der Waals surface area contributed by atoms with Crippen molar-refractivity contribution < 1.29 is 8.78 Å². The van der Waals surface area contributed by atoms with Crippen LogP contribution in [0.2, 0.25) is 5.02 Å². The predicted molar refractivity (Wildman–Crippen MR) is 61.1 cm³/mol. The highest BCUT2D eigenvalue weighted by atomic mass is 35.5. The quantitative estimate of drug-likeness (QED) is 0.844. The van der Waals surface area contributed by atoms with E-state index in [0.29, 0.717) is 23.6 Å². The van der Waals surface area contributed by atoms with Crippen molar-refractivity contribution in [3.05, 3.63) is 34.6 Å². The van der Waals surface area contributed by atoms with E-state index in [1.807, 2.05) is 0 Å². The summed E-state index contributed by atoms with van der Waals surface area (Å²) in [5.74, 6) is -0.382. The summed E-state index contributed by atoms with van der Waals surface area (Å²) in [7, 11) is 0. The molecule has 0 spiro atoms. The molecule has 0 aromatic heterocycles. The maximum Gasteiger partial charge on any atom is 0.127 e. The summed E-state index contributed by atoms with van der Waals surface area (Å²) >= 11 is 5.78. The fourth-order valence-corrected chi connectivity index (χ4v) is 2.30. The summed E-state index contributed by atoms with van der Waals surface area (Å²) in [4.78, 5) is 0. The molecular weight excluding hydrogens is 232 g/mol. The van der Waals surface area contributed by atoms with Gasteiger partial charge < -0.3 is 5.32 Å². The Balaban J connectivity index is 2.15. The largest absolute Gasteiger partial charge is 0.314 e. The molecule has 1 unspecified atom stereocenters.